The third-order valence-corrected chi connectivity index (χ3v) is 3.50. The Morgan fingerprint density at radius 3 is 2.88 bits per heavy atom. The number of carbonyl (C=O) groups excluding carboxylic acids is 1. The number of halogens is 2. The maximum Gasteiger partial charge on any atom is 0.275 e. The third kappa shape index (κ3) is 2.91. The second-order valence-electron chi connectivity index (χ2n) is 3.15. The van der Waals surface area contributed by atoms with Gasteiger partial charge in [-0.1, -0.05) is 0 Å². The molecule has 1 aromatic carbocycles. The highest BCUT2D eigenvalue weighted by atomic mass is 127. The number of carbonyl (C=O) groups is 1. The van der Waals surface area contributed by atoms with E-state index in [1.165, 1.54) is 29.5 Å². The summed E-state index contributed by atoms with van der Waals surface area (Å²) in [7, 11) is 0. The van der Waals surface area contributed by atoms with Gasteiger partial charge in [-0.2, -0.15) is 0 Å². The van der Waals surface area contributed by atoms with Crippen LogP contribution in [0.5, 0.6) is 0 Å². The number of nitrogens with one attached hydrogen (secondary N) is 1. The number of anilines is 2. The number of benzene rings is 1. The molecule has 7 heteroatoms. The molecule has 0 unspecified atom stereocenters. The van der Waals surface area contributed by atoms with Crippen LogP contribution in [0.1, 0.15) is 10.5 Å². The van der Waals surface area contributed by atoms with E-state index in [1.54, 1.807) is 5.38 Å². The zero-order valence-electron chi connectivity index (χ0n) is 8.41. The number of nitrogens with zero attached hydrogens (tertiary/aromatic N) is 1. The molecule has 0 aliphatic carbocycles. The third-order valence-electron chi connectivity index (χ3n) is 1.93. The molecule has 4 nitrogen and oxygen atoms in total. The van der Waals surface area contributed by atoms with E-state index >= 15 is 0 Å². The number of aromatic nitrogens is 1. The Kier molecular flexibility index (Phi) is 3.57. The topological polar surface area (TPSA) is 68.0 Å². The average molecular weight is 363 g/mol. The van der Waals surface area contributed by atoms with Gasteiger partial charge in [-0.05, 0) is 40.8 Å². The van der Waals surface area contributed by atoms with E-state index in [1.807, 2.05) is 22.6 Å². The van der Waals surface area contributed by atoms with Crippen molar-refractivity contribution in [3.8, 4) is 0 Å². The molecule has 0 atom stereocenters. The molecule has 1 amide bonds. The lowest BCUT2D eigenvalue weighted by Gasteiger charge is -2.05. The summed E-state index contributed by atoms with van der Waals surface area (Å²) in [5.74, 6) is -0.701. The van der Waals surface area contributed by atoms with E-state index < -0.39 is 0 Å². The van der Waals surface area contributed by atoms with Crippen molar-refractivity contribution >= 4 is 50.7 Å². The number of rotatable bonds is 2. The zero-order valence-corrected chi connectivity index (χ0v) is 11.4. The van der Waals surface area contributed by atoms with Crippen LogP contribution < -0.4 is 11.1 Å². The van der Waals surface area contributed by atoms with E-state index in [0.29, 0.717) is 14.4 Å². The average Bonchev–Trinajstić information content (AvgIpc) is 2.69. The van der Waals surface area contributed by atoms with Crippen molar-refractivity contribution in [2.75, 3.05) is 11.1 Å². The van der Waals surface area contributed by atoms with Crippen LogP contribution in [-0.2, 0) is 0 Å². The predicted octanol–water partition coefficient (Wildman–Crippen LogP) is 2.72. The Labute approximate surface area is 114 Å². The van der Waals surface area contributed by atoms with Crippen molar-refractivity contribution in [1.29, 1.82) is 0 Å². The molecule has 0 aliphatic heterocycles. The molecule has 0 saturated carbocycles. The number of nitrogen functional groups attached to an aromatic ring is 1. The maximum atomic E-state index is 12.9. The van der Waals surface area contributed by atoms with Crippen molar-refractivity contribution in [2.45, 2.75) is 0 Å². The van der Waals surface area contributed by atoms with Crippen molar-refractivity contribution < 1.29 is 9.18 Å². The van der Waals surface area contributed by atoms with Gasteiger partial charge < -0.3 is 11.1 Å². The Morgan fingerprint density at radius 1 is 1.53 bits per heavy atom. The summed E-state index contributed by atoms with van der Waals surface area (Å²) in [4.78, 5) is 15.6. The predicted molar refractivity (Wildman–Crippen MR) is 73.6 cm³/mol. The van der Waals surface area contributed by atoms with Crippen LogP contribution in [0.3, 0.4) is 0 Å². The van der Waals surface area contributed by atoms with Crippen molar-refractivity contribution in [1.82, 2.24) is 4.98 Å². The van der Waals surface area contributed by atoms with E-state index in [0.717, 1.165) is 0 Å². The minimum absolute atomic E-state index is 0.257. The number of hydrogen-bond donors (Lipinski definition) is 2. The SMILES string of the molecule is Nc1nc(C(=O)Nc2ccc(F)cc2I)cs1. The summed E-state index contributed by atoms with van der Waals surface area (Å²) in [6.45, 7) is 0. The lowest BCUT2D eigenvalue weighted by molar-refractivity contribution is 0.102. The summed E-state index contributed by atoms with van der Waals surface area (Å²) in [6.07, 6.45) is 0. The summed E-state index contributed by atoms with van der Waals surface area (Å²) >= 11 is 3.14. The molecule has 88 valence electrons. The zero-order chi connectivity index (χ0) is 12.4. The van der Waals surface area contributed by atoms with Gasteiger partial charge in [-0.25, -0.2) is 9.37 Å². The maximum absolute atomic E-state index is 12.9. The van der Waals surface area contributed by atoms with E-state index in [4.69, 9.17) is 5.73 Å². The minimum atomic E-state index is -0.359. The number of amides is 1. The highest BCUT2D eigenvalue weighted by Gasteiger charge is 2.11. The molecule has 2 rings (SSSR count). The normalized spacial score (nSPS) is 10.2. The lowest BCUT2D eigenvalue weighted by Crippen LogP contribution is -2.13. The van der Waals surface area contributed by atoms with Gasteiger partial charge >= 0.3 is 0 Å². The second kappa shape index (κ2) is 4.96. The number of hydrogen-bond acceptors (Lipinski definition) is 4. The van der Waals surface area contributed by atoms with Crippen LogP contribution in [0.4, 0.5) is 15.2 Å². The fourth-order valence-corrected chi connectivity index (χ4v) is 2.32. The summed E-state index contributed by atoms with van der Waals surface area (Å²) in [6, 6.07) is 4.13. The van der Waals surface area contributed by atoms with Crippen LogP contribution >= 0.6 is 33.9 Å². The van der Waals surface area contributed by atoms with Gasteiger partial charge in [0.25, 0.3) is 5.91 Å². The molecule has 1 aromatic heterocycles. The monoisotopic (exact) mass is 363 g/mol. The van der Waals surface area contributed by atoms with Crippen molar-refractivity contribution in [2.24, 2.45) is 0 Å². The Bertz CT molecular complexity index is 572. The smallest absolute Gasteiger partial charge is 0.275 e. The molecule has 3 N–H and O–H groups in total. The number of thiazole rings is 1. The summed E-state index contributed by atoms with van der Waals surface area (Å²) < 4.78 is 13.5. The standard InChI is InChI=1S/C10H7FIN3OS/c11-5-1-2-7(6(12)3-5)14-9(16)8-4-17-10(13)15-8/h1-4H,(H2,13,15)(H,14,16). The van der Waals surface area contributed by atoms with Crippen LogP contribution in [0.15, 0.2) is 23.6 Å². The highest BCUT2D eigenvalue weighted by Crippen LogP contribution is 2.20. The van der Waals surface area contributed by atoms with Gasteiger partial charge in [0.05, 0.1) is 5.69 Å². The van der Waals surface area contributed by atoms with E-state index in [-0.39, 0.29) is 17.4 Å². The summed E-state index contributed by atoms with van der Waals surface area (Å²) in [5, 5.41) is 4.55. The highest BCUT2D eigenvalue weighted by molar-refractivity contribution is 14.1. The van der Waals surface area contributed by atoms with Crippen LogP contribution in [0.25, 0.3) is 0 Å². The van der Waals surface area contributed by atoms with E-state index in [2.05, 4.69) is 10.3 Å². The van der Waals surface area contributed by atoms with Crippen LogP contribution in [-0.4, -0.2) is 10.9 Å². The lowest BCUT2D eigenvalue weighted by atomic mass is 10.3. The molecule has 0 spiro atoms. The van der Waals surface area contributed by atoms with Gasteiger partial charge in [-0.15, -0.1) is 11.3 Å². The molecule has 0 aliphatic rings. The first-order valence-electron chi connectivity index (χ1n) is 4.53. The molecule has 1 heterocycles. The molecule has 17 heavy (non-hydrogen) atoms. The van der Waals surface area contributed by atoms with Crippen LogP contribution in [0, 0.1) is 9.39 Å². The first kappa shape index (κ1) is 12.2. The second-order valence-corrected chi connectivity index (χ2v) is 5.20. The van der Waals surface area contributed by atoms with Crippen LogP contribution in [0.2, 0.25) is 0 Å². The molecular formula is C10H7FIN3OS. The summed E-state index contributed by atoms with van der Waals surface area (Å²) in [5.41, 5.74) is 6.24. The van der Waals surface area contributed by atoms with Crippen molar-refractivity contribution in [3.63, 3.8) is 0 Å². The molecular weight excluding hydrogens is 356 g/mol. The first-order chi connectivity index (χ1) is 8.06. The molecule has 2 aromatic rings. The Balaban J connectivity index is 2.18. The van der Waals surface area contributed by atoms with Gasteiger partial charge in [0.2, 0.25) is 0 Å². The van der Waals surface area contributed by atoms with Gasteiger partial charge in [0, 0.05) is 8.95 Å². The van der Waals surface area contributed by atoms with E-state index in [9.17, 15) is 9.18 Å². The molecule has 0 fully saturated rings. The van der Waals surface area contributed by atoms with Gasteiger partial charge in [0.15, 0.2) is 5.13 Å². The quantitative estimate of drug-likeness (QED) is 0.807. The fraction of sp³-hybridized carbons (Fsp3) is 0. The van der Waals surface area contributed by atoms with Crippen molar-refractivity contribution in [3.05, 3.63) is 38.7 Å². The Morgan fingerprint density at radius 2 is 2.29 bits per heavy atom. The molecule has 0 radical (unpaired) electrons. The first-order valence-corrected chi connectivity index (χ1v) is 6.49. The van der Waals surface area contributed by atoms with Gasteiger partial charge in [-0.3, -0.25) is 4.79 Å². The molecule has 0 bridgehead atoms. The molecule has 0 saturated heterocycles. The fourth-order valence-electron chi connectivity index (χ4n) is 1.17. The Hall–Kier alpha value is -1.22. The largest absolute Gasteiger partial charge is 0.375 e. The minimum Gasteiger partial charge on any atom is -0.375 e. The van der Waals surface area contributed by atoms with Gasteiger partial charge in [0.1, 0.15) is 11.5 Å². The number of nitrogens with two attached hydrogens (primary N) is 1.